The zero-order chi connectivity index (χ0) is 18.5. The molecule has 1 aliphatic heterocycles. The number of hydrogen-bond donors (Lipinski definition) is 1. The maximum atomic E-state index is 12.8. The summed E-state index contributed by atoms with van der Waals surface area (Å²) in [5.74, 6) is 3.05. The Balaban J connectivity index is 1.77. The first-order chi connectivity index (χ1) is 12.6. The molecule has 138 valence electrons. The van der Waals surface area contributed by atoms with E-state index < -0.39 is 0 Å². The first kappa shape index (κ1) is 18.3. The summed E-state index contributed by atoms with van der Waals surface area (Å²) in [6.07, 6.45) is 0. The van der Waals surface area contributed by atoms with Crippen molar-refractivity contribution in [3.63, 3.8) is 0 Å². The zero-order valence-corrected chi connectivity index (χ0v) is 15.8. The van der Waals surface area contributed by atoms with Crippen molar-refractivity contribution in [3.8, 4) is 17.2 Å². The van der Waals surface area contributed by atoms with Crippen molar-refractivity contribution in [1.82, 2.24) is 4.90 Å². The predicted molar refractivity (Wildman–Crippen MR) is 103 cm³/mol. The molecule has 0 radical (unpaired) electrons. The van der Waals surface area contributed by atoms with Crippen molar-refractivity contribution >= 4 is 23.5 Å². The largest absolute Gasteiger partial charge is 0.497 e. The van der Waals surface area contributed by atoms with Gasteiger partial charge in [-0.25, -0.2) is 4.79 Å². The molecule has 0 spiro atoms. The van der Waals surface area contributed by atoms with Gasteiger partial charge in [0.25, 0.3) is 0 Å². The molecule has 1 saturated heterocycles. The molecule has 7 heteroatoms. The number of methoxy groups -OCH3 is 3. The van der Waals surface area contributed by atoms with Crippen LogP contribution in [0.1, 0.15) is 10.9 Å². The summed E-state index contributed by atoms with van der Waals surface area (Å²) in [5, 5.41) is 2.86. The first-order valence-electron chi connectivity index (χ1n) is 8.21. The van der Waals surface area contributed by atoms with Gasteiger partial charge >= 0.3 is 6.03 Å². The third-order valence-corrected chi connectivity index (χ3v) is 5.41. The number of nitrogens with zero attached hydrogens (tertiary/aromatic N) is 1. The Morgan fingerprint density at radius 2 is 1.62 bits per heavy atom. The van der Waals surface area contributed by atoms with Gasteiger partial charge in [-0.05, 0) is 42.0 Å². The molecule has 3 rings (SSSR count). The molecule has 2 aromatic rings. The summed E-state index contributed by atoms with van der Waals surface area (Å²) < 4.78 is 15.8. The predicted octanol–water partition coefficient (Wildman–Crippen LogP) is 3.99. The molecule has 0 bridgehead atoms. The maximum Gasteiger partial charge on any atom is 0.323 e. The Kier molecular flexibility index (Phi) is 5.78. The second kappa shape index (κ2) is 8.23. The minimum atomic E-state index is -0.132. The number of rotatable bonds is 5. The molecule has 26 heavy (non-hydrogen) atoms. The molecule has 1 aliphatic rings. The van der Waals surface area contributed by atoms with Gasteiger partial charge in [0.15, 0.2) is 0 Å². The lowest BCUT2D eigenvalue weighted by Gasteiger charge is -2.25. The van der Waals surface area contributed by atoms with E-state index in [4.69, 9.17) is 14.2 Å². The number of carbonyl (C=O) groups is 1. The van der Waals surface area contributed by atoms with Gasteiger partial charge in [-0.2, -0.15) is 0 Å². The highest BCUT2D eigenvalue weighted by molar-refractivity contribution is 7.99. The van der Waals surface area contributed by atoms with Crippen LogP contribution < -0.4 is 19.5 Å². The number of amides is 2. The lowest BCUT2D eigenvalue weighted by atomic mass is 10.2. The fraction of sp³-hybridized carbons (Fsp3) is 0.316. The van der Waals surface area contributed by atoms with E-state index >= 15 is 0 Å². The summed E-state index contributed by atoms with van der Waals surface area (Å²) >= 11 is 1.72. The van der Waals surface area contributed by atoms with Crippen molar-refractivity contribution in [2.75, 3.05) is 38.9 Å². The second-order valence-electron chi connectivity index (χ2n) is 5.72. The maximum absolute atomic E-state index is 12.8. The van der Waals surface area contributed by atoms with Crippen LogP contribution in [0, 0.1) is 0 Å². The van der Waals surface area contributed by atoms with E-state index in [1.54, 1.807) is 33.1 Å². The van der Waals surface area contributed by atoms with Crippen LogP contribution >= 0.6 is 11.8 Å². The van der Waals surface area contributed by atoms with Crippen LogP contribution in [0.15, 0.2) is 42.5 Å². The SMILES string of the molecule is COc1ccc(NC(=O)N2CCSC2c2cc(OC)cc(OC)c2)cc1. The molecule has 2 amide bonds. The van der Waals surface area contributed by atoms with Gasteiger partial charge in [-0.3, -0.25) is 0 Å². The van der Waals surface area contributed by atoms with Crippen molar-refractivity contribution < 1.29 is 19.0 Å². The standard InChI is InChI=1S/C19H22N2O4S/c1-23-15-6-4-14(5-7-15)20-19(22)21-8-9-26-18(21)13-10-16(24-2)12-17(11-13)25-3/h4-7,10-12,18H,8-9H2,1-3H3,(H,20,22). The molecule has 1 fully saturated rings. The zero-order valence-electron chi connectivity index (χ0n) is 15.0. The Labute approximate surface area is 157 Å². The first-order valence-corrected chi connectivity index (χ1v) is 9.25. The molecule has 1 unspecified atom stereocenters. The van der Waals surface area contributed by atoms with Crippen molar-refractivity contribution in [2.45, 2.75) is 5.37 Å². The fourth-order valence-electron chi connectivity index (χ4n) is 2.80. The van der Waals surface area contributed by atoms with E-state index in [-0.39, 0.29) is 11.4 Å². The van der Waals surface area contributed by atoms with E-state index in [1.165, 1.54) is 0 Å². The third-order valence-electron chi connectivity index (χ3n) is 4.15. The number of benzene rings is 2. The van der Waals surface area contributed by atoms with Crippen molar-refractivity contribution in [2.24, 2.45) is 0 Å². The summed E-state index contributed by atoms with van der Waals surface area (Å²) in [6.45, 7) is 0.677. The molecule has 2 aromatic carbocycles. The molecule has 1 atom stereocenters. The molecule has 6 nitrogen and oxygen atoms in total. The van der Waals surface area contributed by atoms with Gasteiger partial charge in [0, 0.05) is 24.1 Å². The summed E-state index contributed by atoms with van der Waals surface area (Å²) in [4.78, 5) is 14.6. The third kappa shape index (κ3) is 3.99. The molecule has 0 aliphatic carbocycles. The highest BCUT2D eigenvalue weighted by atomic mass is 32.2. The fourth-order valence-corrected chi connectivity index (χ4v) is 4.03. The molecular weight excluding hydrogens is 352 g/mol. The smallest absolute Gasteiger partial charge is 0.323 e. The van der Waals surface area contributed by atoms with Gasteiger partial charge < -0.3 is 24.4 Å². The lowest BCUT2D eigenvalue weighted by Crippen LogP contribution is -2.34. The van der Waals surface area contributed by atoms with Gasteiger partial charge in [-0.1, -0.05) is 0 Å². The van der Waals surface area contributed by atoms with Gasteiger partial charge in [0.2, 0.25) is 0 Å². The summed E-state index contributed by atoms with van der Waals surface area (Å²) in [5.41, 5.74) is 1.71. The number of hydrogen-bond acceptors (Lipinski definition) is 5. The van der Waals surface area contributed by atoms with Crippen LogP contribution in [0.25, 0.3) is 0 Å². The summed E-state index contributed by atoms with van der Waals surface area (Å²) in [6, 6.07) is 12.9. The van der Waals surface area contributed by atoms with E-state index in [1.807, 2.05) is 47.4 Å². The molecule has 0 saturated carbocycles. The molecule has 1 N–H and O–H groups in total. The number of anilines is 1. The number of carbonyl (C=O) groups excluding carboxylic acids is 1. The second-order valence-corrected chi connectivity index (χ2v) is 6.91. The van der Waals surface area contributed by atoms with Crippen molar-refractivity contribution in [3.05, 3.63) is 48.0 Å². The van der Waals surface area contributed by atoms with Crippen LogP contribution in [0.3, 0.4) is 0 Å². The Morgan fingerprint density at radius 1 is 1.00 bits per heavy atom. The van der Waals surface area contributed by atoms with Gasteiger partial charge in [0.05, 0.1) is 21.3 Å². The highest BCUT2D eigenvalue weighted by Gasteiger charge is 2.31. The van der Waals surface area contributed by atoms with E-state index in [0.29, 0.717) is 18.0 Å². The van der Waals surface area contributed by atoms with E-state index in [0.717, 1.165) is 22.8 Å². The number of ether oxygens (including phenoxy) is 3. The van der Waals surface area contributed by atoms with Crippen LogP contribution in [0.2, 0.25) is 0 Å². The normalized spacial score (nSPS) is 16.3. The van der Waals surface area contributed by atoms with Crippen LogP contribution in [-0.2, 0) is 0 Å². The van der Waals surface area contributed by atoms with E-state index in [2.05, 4.69) is 5.32 Å². The minimum Gasteiger partial charge on any atom is -0.497 e. The number of urea groups is 1. The average Bonchev–Trinajstić information content (AvgIpc) is 3.18. The minimum absolute atomic E-state index is 0.0859. The number of nitrogens with one attached hydrogen (secondary N) is 1. The topological polar surface area (TPSA) is 60.0 Å². The van der Waals surface area contributed by atoms with Crippen LogP contribution in [-0.4, -0.2) is 44.6 Å². The van der Waals surface area contributed by atoms with Gasteiger partial charge in [0.1, 0.15) is 22.6 Å². The monoisotopic (exact) mass is 374 g/mol. The summed E-state index contributed by atoms with van der Waals surface area (Å²) in [7, 11) is 4.85. The lowest BCUT2D eigenvalue weighted by molar-refractivity contribution is 0.214. The van der Waals surface area contributed by atoms with E-state index in [9.17, 15) is 4.79 Å². The quantitative estimate of drug-likeness (QED) is 0.857. The Morgan fingerprint density at radius 3 is 2.19 bits per heavy atom. The van der Waals surface area contributed by atoms with Crippen LogP contribution in [0.4, 0.5) is 10.5 Å². The number of thioether (sulfide) groups is 1. The van der Waals surface area contributed by atoms with Crippen molar-refractivity contribution in [1.29, 1.82) is 0 Å². The average molecular weight is 374 g/mol. The van der Waals surface area contributed by atoms with Crippen LogP contribution in [0.5, 0.6) is 17.2 Å². The Bertz CT molecular complexity index is 744. The molecule has 1 heterocycles. The Hall–Kier alpha value is -2.54. The highest BCUT2D eigenvalue weighted by Crippen LogP contribution is 2.40. The molecule has 0 aromatic heterocycles. The van der Waals surface area contributed by atoms with Gasteiger partial charge in [-0.15, -0.1) is 11.8 Å². The molecular formula is C19H22N2O4S.